The molecule has 2 N–H and O–H groups in total. The first-order valence-electron chi connectivity index (χ1n) is 5.19. The molecule has 0 bridgehead atoms. The number of imide groups is 1. The molecule has 5 nitrogen and oxygen atoms in total. The Morgan fingerprint density at radius 3 is 2.78 bits per heavy atom. The minimum Gasteiger partial charge on any atom is -0.482 e. The largest absolute Gasteiger partial charge is 0.482 e. The highest BCUT2D eigenvalue weighted by Crippen LogP contribution is 2.22. The molecule has 0 saturated carbocycles. The zero-order chi connectivity index (χ0) is 13.4. The van der Waals surface area contributed by atoms with Gasteiger partial charge in [0.15, 0.2) is 6.61 Å². The number of hydrogen-bond acceptors (Lipinski definition) is 3. The lowest BCUT2D eigenvalue weighted by molar-refractivity contribution is -0.122. The van der Waals surface area contributed by atoms with Crippen molar-refractivity contribution in [2.75, 3.05) is 13.2 Å². The molecule has 0 radical (unpaired) electrons. The average molecular weight is 269 g/mol. The highest BCUT2D eigenvalue weighted by Gasteiger charge is 2.08. The molecule has 0 spiro atoms. The average Bonchev–Trinajstić information content (AvgIpc) is 2.35. The van der Waals surface area contributed by atoms with Crippen molar-refractivity contribution in [3.8, 4) is 5.75 Å². The Hall–Kier alpha value is -2.01. The van der Waals surface area contributed by atoms with Gasteiger partial charge in [-0.1, -0.05) is 29.8 Å². The van der Waals surface area contributed by atoms with Crippen LogP contribution < -0.4 is 15.4 Å². The standard InChI is InChI=1S/C12H13ClN2O3/c1-2-7-14-12(17)15-11(16)8-18-10-6-4-3-5-9(10)13/h2-6H,1,7-8H2,(H2,14,15,16,17). The van der Waals surface area contributed by atoms with Crippen molar-refractivity contribution < 1.29 is 14.3 Å². The summed E-state index contributed by atoms with van der Waals surface area (Å²) in [5.74, 6) is -0.169. The van der Waals surface area contributed by atoms with Crippen LogP contribution in [-0.4, -0.2) is 25.1 Å². The van der Waals surface area contributed by atoms with E-state index in [2.05, 4.69) is 17.2 Å². The third-order valence-electron chi connectivity index (χ3n) is 1.86. The molecular formula is C12H13ClN2O3. The Morgan fingerprint density at radius 2 is 2.11 bits per heavy atom. The lowest BCUT2D eigenvalue weighted by atomic mass is 10.3. The van der Waals surface area contributed by atoms with Crippen molar-refractivity contribution >= 4 is 23.5 Å². The van der Waals surface area contributed by atoms with Gasteiger partial charge in [0.05, 0.1) is 5.02 Å². The van der Waals surface area contributed by atoms with Crippen LogP contribution in [0.15, 0.2) is 36.9 Å². The predicted molar refractivity (Wildman–Crippen MR) is 68.7 cm³/mol. The number of urea groups is 1. The van der Waals surface area contributed by atoms with Gasteiger partial charge >= 0.3 is 6.03 Å². The van der Waals surface area contributed by atoms with Gasteiger partial charge in [-0.25, -0.2) is 4.79 Å². The van der Waals surface area contributed by atoms with Crippen LogP contribution in [0.2, 0.25) is 5.02 Å². The van der Waals surface area contributed by atoms with E-state index in [-0.39, 0.29) is 13.2 Å². The van der Waals surface area contributed by atoms with E-state index in [1.165, 1.54) is 6.08 Å². The number of hydrogen-bond donors (Lipinski definition) is 2. The molecule has 0 aliphatic heterocycles. The molecule has 3 amide bonds. The zero-order valence-electron chi connectivity index (χ0n) is 9.61. The fraction of sp³-hybridized carbons (Fsp3) is 0.167. The normalized spacial score (nSPS) is 9.39. The molecule has 0 heterocycles. The quantitative estimate of drug-likeness (QED) is 0.799. The van der Waals surface area contributed by atoms with E-state index in [1.807, 2.05) is 0 Å². The number of halogens is 1. The van der Waals surface area contributed by atoms with Crippen molar-refractivity contribution in [1.82, 2.24) is 10.6 Å². The molecule has 0 aromatic heterocycles. The van der Waals surface area contributed by atoms with Gasteiger partial charge in [0.2, 0.25) is 0 Å². The van der Waals surface area contributed by atoms with E-state index in [0.29, 0.717) is 10.8 Å². The summed E-state index contributed by atoms with van der Waals surface area (Å²) >= 11 is 5.83. The lowest BCUT2D eigenvalue weighted by Gasteiger charge is -2.08. The summed E-state index contributed by atoms with van der Waals surface area (Å²) in [6.07, 6.45) is 1.50. The van der Waals surface area contributed by atoms with Gasteiger partial charge in [0.25, 0.3) is 5.91 Å². The number of benzene rings is 1. The smallest absolute Gasteiger partial charge is 0.321 e. The molecular weight excluding hydrogens is 256 g/mol. The number of amides is 3. The van der Waals surface area contributed by atoms with Crippen molar-refractivity contribution in [3.63, 3.8) is 0 Å². The molecule has 0 saturated heterocycles. The van der Waals surface area contributed by atoms with E-state index in [1.54, 1.807) is 24.3 Å². The van der Waals surface area contributed by atoms with Crippen LogP contribution in [0.5, 0.6) is 5.75 Å². The highest BCUT2D eigenvalue weighted by molar-refractivity contribution is 6.32. The molecule has 1 rings (SSSR count). The number of carbonyl (C=O) groups excluding carboxylic acids is 2. The van der Waals surface area contributed by atoms with E-state index >= 15 is 0 Å². The first-order valence-corrected chi connectivity index (χ1v) is 5.57. The minimum atomic E-state index is -0.595. The van der Waals surface area contributed by atoms with E-state index in [9.17, 15) is 9.59 Å². The zero-order valence-corrected chi connectivity index (χ0v) is 10.4. The monoisotopic (exact) mass is 268 g/mol. The maximum atomic E-state index is 11.3. The van der Waals surface area contributed by atoms with Gasteiger partial charge < -0.3 is 10.1 Å². The molecule has 6 heteroatoms. The van der Waals surface area contributed by atoms with Crippen LogP contribution in [0.3, 0.4) is 0 Å². The number of para-hydroxylation sites is 1. The third-order valence-corrected chi connectivity index (χ3v) is 2.17. The van der Waals surface area contributed by atoms with E-state index in [0.717, 1.165) is 0 Å². The molecule has 0 unspecified atom stereocenters. The first kappa shape index (κ1) is 14.1. The Balaban J connectivity index is 2.35. The number of ether oxygens (including phenoxy) is 1. The second-order valence-electron chi connectivity index (χ2n) is 3.27. The number of nitrogens with one attached hydrogen (secondary N) is 2. The molecule has 0 aliphatic rings. The van der Waals surface area contributed by atoms with Crippen molar-refractivity contribution in [2.45, 2.75) is 0 Å². The maximum absolute atomic E-state index is 11.3. The van der Waals surface area contributed by atoms with Gasteiger partial charge in [-0.3, -0.25) is 10.1 Å². The van der Waals surface area contributed by atoms with Crippen molar-refractivity contribution in [2.24, 2.45) is 0 Å². The second kappa shape index (κ2) is 7.34. The maximum Gasteiger partial charge on any atom is 0.321 e. The Labute approximate surface area is 110 Å². The van der Waals surface area contributed by atoms with Gasteiger partial charge in [-0.2, -0.15) is 0 Å². The number of rotatable bonds is 5. The van der Waals surface area contributed by atoms with Gasteiger partial charge in [-0.15, -0.1) is 6.58 Å². The highest BCUT2D eigenvalue weighted by atomic mass is 35.5. The summed E-state index contributed by atoms with van der Waals surface area (Å²) in [4.78, 5) is 22.5. The van der Waals surface area contributed by atoms with Crippen LogP contribution >= 0.6 is 11.6 Å². The van der Waals surface area contributed by atoms with Crippen LogP contribution in [0.1, 0.15) is 0 Å². The summed E-state index contributed by atoms with van der Waals surface area (Å²) in [7, 11) is 0. The van der Waals surface area contributed by atoms with Gasteiger partial charge in [0, 0.05) is 6.54 Å². The van der Waals surface area contributed by atoms with E-state index in [4.69, 9.17) is 16.3 Å². The molecule has 96 valence electrons. The molecule has 0 fully saturated rings. The summed E-state index contributed by atoms with van der Waals surface area (Å²) in [6, 6.07) is 6.16. The predicted octanol–water partition coefficient (Wildman–Crippen LogP) is 1.73. The first-order chi connectivity index (χ1) is 8.63. The molecule has 1 aromatic rings. The molecule has 18 heavy (non-hydrogen) atoms. The Morgan fingerprint density at radius 1 is 1.39 bits per heavy atom. The van der Waals surface area contributed by atoms with E-state index < -0.39 is 11.9 Å². The fourth-order valence-electron chi connectivity index (χ4n) is 1.08. The summed E-state index contributed by atoms with van der Waals surface area (Å²) < 4.78 is 5.16. The fourth-order valence-corrected chi connectivity index (χ4v) is 1.27. The van der Waals surface area contributed by atoms with Crippen LogP contribution in [-0.2, 0) is 4.79 Å². The van der Waals surface area contributed by atoms with Crippen LogP contribution in [0.4, 0.5) is 4.79 Å². The third kappa shape index (κ3) is 4.88. The number of carbonyl (C=O) groups is 2. The topological polar surface area (TPSA) is 67.4 Å². The van der Waals surface area contributed by atoms with Crippen LogP contribution in [0, 0.1) is 0 Å². The molecule has 0 atom stereocenters. The molecule has 1 aromatic carbocycles. The van der Waals surface area contributed by atoms with Gasteiger partial charge in [0.1, 0.15) is 5.75 Å². The van der Waals surface area contributed by atoms with Crippen molar-refractivity contribution in [3.05, 3.63) is 41.9 Å². The minimum absolute atomic E-state index is 0.282. The Kier molecular flexibility index (Phi) is 5.73. The second-order valence-corrected chi connectivity index (χ2v) is 3.67. The van der Waals surface area contributed by atoms with Gasteiger partial charge in [-0.05, 0) is 12.1 Å². The summed E-state index contributed by atoms with van der Waals surface area (Å²) in [5, 5.41) is 4.91. The SMILES string of the molecule is C=CCNC(=O)NC(=O)COc1ccccc1Cl. The lowest BCUT2D eigenvalue weighted by Crippen LogP contribution is -2.41. The summed E-state index contributed by atoms with van der Waals surface area (Å²) in [6.45, 7) is 3.43. The summed E-state index contributed by atoms with van der Waals surface area (Å²) in [5.41, 5.74) is 0. The Bertz CT molecular complexity index is 449. The molecule has 0 aliphatic carbocycles. The van der Waals surface area contributed by atoms with Crippen molar-refractivity contribution in [1.29, 1.82) is 0 Å². The van der Waals surface area contributed by atoms with Crippen LogP contribution in [0.25, 0.3) is 0 Å².